The minimum absolute atomic E-state index is 0.348. The standard InChI is InChI=1S/C28H27N7O2S2/c29-24-6-5-18(25(33-24)21-16-38-22-4-2-1-3-20(21)22)15-30-14-17-8-11-35(12-9-17)27-31-10-7-19(32-27)13-23-26(36)34-28(37)39-23/h1-7,10,13,16-17,30H,8-9,11-12,14-15H2,(H2,29,33)(H,34,36,37)/b23-13-. The Hall–Kier alpha value is -3.80. The zero-order valence-electron chi connectivity index (χ0n) is 21.1. The van der Waals surface area contributed by atoms with Crippen LogP contribution in [-0.4, -0.2) is 45.7 Å². The van der Waals surface area contributed by atoms with Crippen molar-refractivity contribution in [3.63, 3.8) is 0 Å². The number of anilines is 2. The second-order valence-electron chi connectivity index (χ2n) is 9.58. The first-order valence-corrected chi connectivity index (χ1v) is 14.5. The molecule has 3 aromatic heterocycles. The van der Waals surface area contributed by atoms with Gasteiger partial charge in [0.25, 0.3) is 11.1 Å². The fourth-order valence-corrected chi connectivity index (χ4v) is 6.55. The summed E-state index contributed by atoms with van der Waals surface area (Å²) in [5.41, 5.74) is 9.89. The molecule has 4 N–H and O–H groups in total. The normalized spacial score (nSPS) is 17.3. The van der Waals surface area contributed by atoms with Gasteiger partial charge in [-0.15, -0.1) is 11.3 Å². The number of aromatic nitrogens is 3. The molecular formula is C28H27N7O2S2. The van der Waals surface area contributed by atoms with Gasteiger partial charge in [-0.1, -0.05) is 24.3 Å². The number of amides is 2. The molecule has 6 rings (SSSR count). The first kappa shape index (κ1) is 25.5. The van der Waals surface area contributed by atoms with Crippen molar-refractivity contribution in [3.8, 4) is 11.3 Å². The van der Waals surface area contributed by atoms with Gasteiger partial charge in [0, 0.05) is 46.9 Å². The molecular weight excluding hydrogens is 530 g/mol. The lowest BCUT2D eigenvalue weighted by molar-refractivity contribution is -0.115. The second kappa shape index (κ2) is 11.1. The van der Waals surface area contributed by atoms with Crippen molar-refractivity contribution in [3.05, 3.63) is 70.2 Å². The molecule has 2 saturated heterocycles. The Morgan fingerprint density at radius 2 is 1.95 bits per heavy atom. The molecule has 0 aliphatic carbocycles. The molecule has 0 radical (unpaired) electrons. The quantitative estimate of drug-likeness (QED) is 0.278. The number of nitrogens with two attached hydrogens (primary N) is 1. The fourth-order valence-electron chi connectivity index (χ4n) is 4.94. The number of imide groups is 1. The van der Waals surface area contributed by atoms with E-state index >= 15 is 0 Å². The summed E-state index contributed by atoms with van der Waals surface area (Å²) < 4.78 is 1.24. The molecule has 39 heavy (non-hydrogen) atoms. The maximum absolute atomic E-state index is 11.8. The van der Waals surface area contributed by atoms with E-state index in [4.69, 9.17) is 10.7 Å². The number of hydrogen-bond donors (Lipinski definition) is 3. The van der Waals surface area contributed by atoms with Crippen LogP contribution in [0, 0.1) is 5.92 Å². The van der Waals surface area contributed by atoms with E-state index in [1.165, 1.54) is 10.1 Å². The van der Waals surface area contributed by atoms with Gasteiger partial charge in [0.15, 0.2) is 0 Å². The minimum atomic E-state index is -0.385. The number of nitrogens with one attached hydrogen (secondary N) is 2. The third-order valence-electron chi connectivity index (χ3n) is 6.97. The second-order valence-corrected chi connectivity index (χ2v) is 11.5. The number of pyridine rings is 1. The Morgan fingerprint density at radius 1 is 1.10 bits per heavy atom. The highest BCUT2D eigenvalue weighted by Gasteiger charge is 2.26. The van der Waals surface area contributed by atoms with Gasteiger partial charge in [0.05, 0.1) is 16.3 Å². The summed E-state index contributed by atoms with van der Waals surface area (Å²) in [6.07, 6.45) is 5.37. The molecule has 2 aliphatic rings. The summed E-state index contributed by atoms with van der Waals surface area (Å²) in [6.45, 7) is 3.35. The largest absolute Gasteiger partial charge is 0.384 e. The van der Waals surface area contributed by atoms with E-state index in [-0.39, 0.29) is 11.1 Å². The summed E-state index contributed by atoms with van der Waals surface area (Å²) >= 11 is 2.61. The highest BCUT2D eigenvalue weighted by Crippen LogP contribution is 2.35. The number of thioether (sulfide) groups is 1. The van der Waals surface area contributed by atoms with E-state index in [0.29, 0.717) is 28.3 Å². The van der Waals surface area contributed by atoms with Crippen LogP contribution in [0.5, 0.6) is 0 Å². The predicted molar refractivity (Wildman–Crippen MR) is 157 cm³/mol. The Bertz CT molecular complexity index is 1580. The maximum Gasteiger partial charge on any atom is 0.290 e. The van der Waals surface area contributed by atoms with E-state index in [2.05, 4.69) is 61.2 Å². The summed E-state index contributed by atoms with van der Waals surface area (Å²) in [4.78, 5) is 39.5. The molecule has 0 unspecified atom stereocenters. The first-order valence-electron chi connectivity index (χ1n) is 12.8. The number of nitrogens with zero attached hydrogens (tertiary/aromatic N) is 4. The van der Waals surface area contributed by atoms with Crippen LogP contribution < -0.4 is 21.3 Å². The van der Waals surface area contributed by atoms with Crippen LogP contribution in [0.4, 0.5) is 16.6 Å². The van der Waals surface area contributed by atoms with Crippen molar-refractivity contribution in [1.82, 2.24) is 25.6 Å². The molecule has 198 valence electrons. The number of carbonyl (C=O) groups is 2. The van der Waals surface area contributed by atoms with Crippen molar-refractivity contribution in [2.24, 2.45) is 5.92 Å². The highest BCUT2D eigenvalue weighted by molar-refractivity contribution is 8.18. The molecule has 5 heterocycles. The van der Waals surface area contributed by atoms with Crippen LogP contribution in [0.3, 0.4) is 0 Å². The van der Waals surface area contributed by atoms with E-state index in [1.807, 2.05) is 6.07 Å². The number of hydrogen-bond acceptors (Lipinski definition) is 10. The third-order valence-corrected chi connectivity index (χ3v) is 8.74. The summed E-state index contributed by atoms with van der Waals surface area (Å²) in [5, 5.41) is 8.93. The van der Waals surface area contributed by atoms with E-state index < -0.39 is 0 Å². The number of fused-ring (bicyclic) bond motifs is 1. The molecule has 9 nitrogen and oxygen atoms in total. The summed E-state index contributed by atoms with van der Waals surface area (Å²) in [6, 6.07) is 14.1. The van der Waals surface area contributed by atoms with Crippen LogP contribution in [0.1, 0.15) is 24.1 Å². The van der Waals surface area contributed by atoms with Gasteiger partial charge in [-0.25, -0.2) is 15.0 Å². The zero-order chi connectivity index (χ0) is 26.8. The molecule has 0 saturated carbocycles. The highest BCUT2D eigenvalue weighted by atomic mass is 32.2. The van der Waals surface area contributed by atoms with Gasteiger partial charge in [-0.05, 0) is 66.9 Å². The van der Waals surface area contributed by atoms with Gasteiger partial charge >= 0.3 is 0 Å². The van der Waals surface area contributed by atoms with Crippen molar-refractivity contribution < 1.29 is 9.59 Å². The summed E-state index contributed by atoms with van der Waals surface area (Å²) in [5.74, 6) is 1.33. The monoisotopic (exact) mass is 557 g/mol. The number of nitrogen functional groups attached to an aromatic ring is 1. The topological polar surface area (TPSA) is 126 Å². The van der Waals surface area contributed by atoms with Gasteiger partial charge in [-0.3, -0.25) is 14.9 Å². The molecule has 0 bridgehead atoms. The molecule has 4 aromatic rings. The van der Waals surface area contributed by atoms with Crippen molar-refractivity contribution in [2.45, 2.75) is 19.4 Å². The number of benzene rings is 1. The molecule has 1 aromatic carbocycles. The van der Waals surface area contributed by atoms with Gasteiger partial charge in [0.2, 0.25) is 5.95 Å². The Kier molecular flexibility index (Phi) is 7.27. The Balaban J connectivity index is 1.06. The molecule has 2 aliphatic heterocycles. The van der Waals surface area contributed by atoms with Crippen LogP contribution >= 0.6 is 23.1 Å². The number of thiophene rings is 1. The zero-order valence-corrected chi connectivity index (χ0v) is 22.7. The molecule has 11 heteroatoms. The Morgan fingerprint density at radius 3 is 2.77 bits per heavy atom. The van der Waals surface area contributed by atoms with Gasteiger partial charge < -0.3 is 16.0 Å². The first-order chi connectivity index (χ1) is 19.0. The maximum atomic E-state index is 11.8. The van der Waals surface area contributed by atoms with Crippen LogP contribution in [0.25, 0.3) is 27.4 Å². The van der Waals surface area contributed by atoms with Crippen LogP contribution in [-0.2, 0) is 11.3 Å². The molecule has 2 fully saturated rings. The average Bonchev–Trinajstić information content (AvgIpc) is 3.52. The number of carbonyl (C=O) groups excluding carboxylic acids is 2. The third kappa shape index (κ3) is 5.65. The fraction of sp³-hybridized carbons (Fsp3) is 0.250. The number of piperidine rings is 1. The molecule has 0 atom stereocenters. The molecule has 2 amide bonds. The SMILES string of the molecule is Nc1ccc(CNCC2CCN(c3nccc(/C=C4\SC(=O)NC4=O)n3)CC2)c(-c2csc3ccccc23)n1. The van der Waals surface area contributed by atoms with Gasteiger partial charge in [-0.2, -0.15) is 0 Å². The smallest absolute Gasteiger partial charge is 0.290 e. The van der Waals surface area contributed by atoms with Crippen LogP contribution in [0.2, 0.25) is 0 Å². The predicted octanol–water partition coefficient (Wildman–Crippen LogP) is 4.67. The van der Waals surface area contributed by atoms with E-state index in [1.54, 1.807) is 29.7 Å². The lowest BCUT2D eigenvalue weighted by Crippen LogP contribution is -2.38. The molecule has 0 spiro atoms. The van der Waals surface area contributed by atoms with Crippen molar-refractivity contribution >= 4 is 62.2 Å². The van der Waals surface area contributed by atoms with Crippen molar-refractivity contribution in [1.29, 1.82) is 0 Å². The van der Waals surface area contributed by atoms with E-state index in [9.17, 15) is 9.59 Å². The van der Waals surface area contributed by atoms with Gasteiger partial charge in [0.1, 0.15) is 5.82 Å². The average molecular weight is 558 g/mol. The lowest BCUT2D eigenvalue weighted by Gasteiger charge is -2.32. The Labute approximate surface area is 233 Å². The summed E-state index contributed by atoms with van der Waals surface area (Å²) in [7, 11) is 0. The minimum Gasteiger partial charge on any atom is -0.384 e. The lowest BCUT2D eigenvalue weighted by atomic mass is 9.96. The van der Waals surface area contributed by atoms with Crippen LogP contribution in [0.15, 0.2) is 58.9 Å². The van der Waals surface area contributed by atoms with E-state index in [0.717, 1.165) is 67.6 Å². The van der Waals surface area contributed by atoms with Crippen molar-refractivity contribution in [2.75, 3.05) is 30.3 Å². The number of rotatable bonds is 7.